The summed E-state index contributed by atoms with van der Waals surface area (Å²) in [4.78, 5) is 2.48. The van der Waals surface area contributed by atoms with Crippen molar-refractivity contribution in [2.75, 3.05) is 26.7 Å². The Hall–Kier alpha value is -0.580. The summed E-state index contributed by atoms with van der Waals surface area (Å²) in [5.41, 5.74) is 2.61. The van der Waals surface area contributed by atoms with E-state index in [9.17, 15) is 0 Å². The summed E-state index contributed by atoms with van der Waals surface area (Å²) in [5, 5.41) is 8.44. The Morgan fingerprint density at radius 2 is 2.22 bits per heavy atom. The predicted molar refractivity (Wildman–Crippen MR) is 74.9 cm³/mol. The van der Waals surface area contributed by atoms with Crippen LogP contribution in [-0.4, -0.2) is 41.4 Å². The maximum atomic E-state index is 6.29. The molecule has 4 nitrogen and oxygen atoms in total. The van der Waals surface area contributed by atoms with E-state index >= 15 is 0 Å². The second-order valence-corrected chi connectivity index (χ2v) is 6.14. The van der Waals surface area contributed by atoms with Gasteiger partial charge in [-0.05, 0) is 32.4 Å². The van der Waals surface area contributed by atoms with Crippen LogP contribution in [0.15, 0.2) is 0 Å². The molecule has 1 saturated heterocycles. The molecule has 1 aliphatic heterocycles. The lowest BCUT2D eigenvalue weighted by Crippen LogP contribution is -2.33. The normalized spacial score (nSPS) is 24.9. The number of nitrogens with one attached hydrogen (secondary N) is 1. The van der Waals surface area contributed by atoms with Crippen LogP contribution in [0.2, 0.25) is 5.15 Å². The van der Waals surface area contributed by atoms with Gasteiger partial charge in [-0.2, -0.15) is 5.10 Å². The molecule has 0 amide bonds. The minimum atomic E-state index is 0.386. The smallest absolute Gasteiger partial charge is 0.131 e. The van der Waals surface area contributed by atoms with Gasteiger partial charge in [0.15, 0.2) is 0 Å². The van der Waals surface area contributed by atoms with Crippen LogP contribution in [0.25, 0.3) is 0 Å². The first-order valence-corrected chi connectivity index (χ1v) is 6.88. The quantitative estimate of drug-likeness (QED) is 0.906. The number of hydrogen-bond acceptors (Lipinski definition) is 3. The van der Waals surface area contributed by atoms with Crippen molar-refractivity contribution in [3.05, 3.63) is 16.4 Å². The molecule has 5 heteroatoms. The third kappa shape index (κ3) is 2.71. The third-order valence-corrected chi connectivity index (χ3v) is 4.36. The summed E-state index contributed by atoms with van der Waals surface area (Å²) in [5.74, 6) is 0. The van der Waals surface area contributed by atoms with Gasteiger partial charge in [-0.1, -0.05) is 18.5 Å². The van der Waals surface area contributed by atoms with Crippen molar-refractivity contribution in [1.29, 1.82) is 0 Å². The molecule has 18 heavy (non-hydrogen) atoms. The molecule has 1 aliphatic rings. The van der Waals surface area contributed by atoms with Gasteiger partial charge in [0.25, 0.3) is 0 Å². The van der Waals surface area contributed by atoms with Crippen LogP contribution < -0.4 is 5.32 Å². The molecule has 0 saturated carbocycles. The molecule has 1 atom stereocenters. The molecule has 0 radical (unpaired) electrons. The van der Waals surface area contributed by atoms with Gasteiger partial charge >= 0.3 is 0 Å². The van der Waals surface area contributed by atoms with E-state index in [0.717, 1.165) is 37.0 Å². The van der Waals surface area contributed by atoms with Gasteiger partial charge in [0.1, 0.15) is 5.15 Å². The van der Waals surface area contributed by atoms with Crippen molar-refractivity contribution in [2.45, 2.75) is 26.8 Å². The Morgan fingerprint density at radius 1 is 1.50 bits per heavy atom. The highest BCUT2D eigenvalue weighted by molar-refractivity contribution is 6.30. The fourth-order valence-electron chi connectivity index (χ4n) is 2.91. The Labute approximate surface area is 114 Å². The SMILES string of the molecule is CNCC1(C)CCN(Cc2c(C)nn(C)c2Cl)C1. The van der Waals surface area contributed by atoms with Crippen molar-refractivity contribution in [3.63, 3.8) is 0 Å². The molecule has 1 N–H and O–H groups in total. The van der Waals surface area contributed by atoms with Crippen LogP contribution in [-0.2, 0) is 13.6 Å². The van der Waals surface area contributed by atoms with Gasteiger partial charge in [0, 0.05) is 32.2 Å². The fraction of sp³-hybridized carbons (Fsp3) is 0.769. The van der Waals surface area contributed by atoms with Crippen LogP contribution in [0.4, 0.5) is 0 Å². The predicted octanol–water partition coefficient (Wildman–Crippen LogP) is 1.81. The lowest BCUT2D eigenvalue weighted by molar-refractivity contribution is 0.265. The molecule has 1 unspecified atom stereocenters. The lowest BCUT2D eigenvalue weighted by Gasteiger charge is -2.24. The van der Waals surface area contributed by atoms with Crippen molar-refractivity contribution < 1.29 is 0 Å². The molecule has 1 fully saturated rings. The highest BCUT2D eigenvalue weighted by Crippen LogP contribution is 2.31. The Morgan fingerprint density at radius 3 is 2.78 bits per heavy atom. The number of halogens is 1. The monoisotopic (exact) mass is 270 g/mol. The molecule has 2 rings (SSSR count). The largest absolute Gasteiger partial charge is 0.319 e. The zero-order valence-corrected chi connectivity index (χ0v) is 12.5. The summed E-state index contributed by atoms with van der Waals surface area (Å²) >= 11 is 6.29. The third-order valence-electron chi connectivity index (χ3n) is 3.89. The van der Waals surface area contributed by atoms with Gasteiger partial charge in [0.05, 0.1) is 5.69 Å². The van der Waals surface area contributed by atoms with Crippen LogP contribution in [0, 0.1) is 12.3 Å². The summed E-state index contributed by atoms with van der Waals surface area (Å²) in [6.45, 7) is 8.63. The van der Waals surface area contributed by atoms with E-state index in [1.165, 1.54) is 12.0 Å². The van der Waals surface area contributed by atoms with Crippen LogP contribution in [0.5, 0.6) is 0 Å². The first kappa shape index (κ1) is 13.8. The van der Waals surface area contributed by atoms with Crippen molar-refractivity contribution in [2.24, 2.45) is 12.5 Å². The minimum absolute atomic E-state index is 0.386. The van der Waals surface area contributed by atoms with E-state index in [4.69, 9.17) is 11.6 Å². The van der Waals surface area contributed by atoms with Gasteiger partial charge in [0.2, 0.25) is 0 Å². The molecule has 0 aromatic carbocycles. The highest BCUT2D eigenvalue weighted by Gasteiger charge is 2.33. The van der Waals surface area contributed by atoms with E-state index in [-0.39, 0.29) is 0 Å². The number of hydrogen-bond donors (Lipinski definition) is 1. The summed E-state index contributed by atoms with van der Waals surface area (Å²) in [7, 11) is 3.92. The van der Waals surface area contributed by atoms with Gasteiger partial charge in [-0.15, -0.1) is 0 Å². The molecule has 0 bridgehead atoms. The number of rotatable bonds is 4. The highest BCUT2D eigenvalue weighted by atomic mass is 35.5. The van der Waals surface area contributed by atoms with E-state index in [1.807, 2.05) is 21.0 Å². The second kappa shape index (κ2) is 5.19. The Balaban J connectivity index is 2.03. The minimum Gasteiger partial charge on any atom is -0.319 e. The molecule has 1 aromatic rings. The topological polar surface area (TPSA) is 33.1 Å². The summed E-state index contributed by atoms with van der Waals surface area (Å²) in [6, 6.07) is 0. The first-order chi connectivity index (χ1) is 8.45. The standard InChI is InChI=1S/C13H23ClN4/c1-10-11(12(14)17(4)16-10)7-18-6-5-13(2,9-18)8-15-3/h15H,5-9H2,1-4H3. The first-order valence-electron chi connectivity index (χ1n) is 6.50. The average Bonchev–Trinajstić information content (AvgIpc) is 2.76. The molecular formula is C13H23ClN4. The molecule has 0 spiro atoms. The zero-order valence-electron chi connectivity index (χ0n) is 11.8. The van der Waals surface area contributed by atoms with Crippen molar-refractivity contribution in [3.8, 4) is 0 Å². The molecule has 102 valence electrons. The van der Waals surface area contributed by atoms with E-state index in [2.05, 4.69) is 22.2 Å². The van der Waals surface area contributed by atoms with E-state index in [0.29, 0.717) is 5.41 Å². The molecule has 0 aliphatic carbocycles. The maximum absolute atomic E-state index is 6.29. The Bertz CT molecular complexity index is 429. The van der Waals surface area contributed by atoms with Crippen LogP contribution >= 0.6 is 11.6 Å². The number of likely N-dealkylation sites (tertiary alicyclic amines) is 1. The molecular weight excluding hydrogens is 248 g/mol. The molecule has 2 heterocycles. The van der Waals surface area contributed by atoms with E-state index in [1.54, 1.807) is 4.68 Å². The average molecular weight is 271 g/mol. The van der Waals surface area contributed by atoms with Crippen molar-refractivity contribution in [1.82, 2.24) is 20.0 Å². The van der Waals surface area contributed by atoms with Crippen molar-refractivity contribution >= 4 is 11.6 Å². The summed E-state index contributed by atoms with van der Waals surface area (Å²) < 4.78 is 1.76. The van der Waals surface area contributed by atoms with Gasteiger partial charge in [-0.3, -0.25) is 9.58 Å². The van der Waals surface area contributed by atoms with Gasteiger partial charge < -0.3 is 5.32 Å². The van der Waals surface area contributed by atoms with Gasteiger partial charge in [-0.25, -0.2) is 0 Å². The number of aryl methyl sites for hydroxylation is 2. The van der Waals surface area contributed by atoms with Crippen LogP contribution in [0.3, 0.4) is 0 Å². The van der Waals surface area contributed by atoms with Crippen LogP contribution in [0.1, 0.15) is 24.6 Å². The lowest BCUT2D eigenvalue weighted by atomic mass is 9.90. The Kier molecular flexibility index (Phi) is 3.99. The zero-order chi connectivity index (χ0) is 13.3. The summed E-state index contributed by atoms with van der Waals surface area (Å²) in [6.07, 6.45) is 1.24. The molecule has 1 aromatic heterocycles. The van der Waals surface area contributed by atoms with E-state index < -0.39 is 0 Å². The number of aromatic nitrogens is 2. The second-order valence-electron chi connectivity index (χ2n) is 5.78. The maximum Gasteiger partial charge on any atom is 0.131 e. The fourth-order valence-corrected chi connectivity index (χ4v) is 3.14. The number of nitrogens with zero attached hydrogens (tertiary/aromatic N) is 3.